The molecule has 0 bridgehead atoms. The van der Waals surface area contributed by atoms with E-state index in [1.807, 2.05) is 0 Å². The van der Waals surface area contributed by atoms with Gasteiger partial charge in [0.25, 0.3) is 0 Å². The van der Waals surface area contributed by atoms with E-state index in [0.717, 1.165) is 4.47 Å². The minimum atomic E-state index is -0.855. The quantitative estimate of drug-likeness (QED) is 0.780. The molecule has 4 heteroatoms. The van der Waals surface area contributed by atoms with Crippen molar-refractivity contribution >= 4 is 15.9 Å². The van der Waals surface area contributed by atoms with Crippen molar-refractivity contribution in [3.05, 3.63) is 52.0 Å². The Hall–Kier alpha value is -1.42. The van der Waals surface area contributed by atoms with E-state index in [9.17, 15) is 8.78 Å². The van der Waals surface area contributed by atoms with Crippen LogP contribution in [0.5, 0.6) is 5.75 Å². The number of benzene rings is 2. The van der Waals surface area contributed by atoms with Gasteiger partial charge in [0, 0.05) is 15.6 Å². The molecule has 0 amide bonds. The summed E-state index contributed by atoms with van der Waals surface area (Å²) >= 11 is 3.31. The van der Waals surface area contributed by atoms with E-state index in [-0.39, 0.29) is 11.1 Å². The summed E-state index contributed by atoms with van der Waals surface area (Å²) in [5.41, 5.74) is 0.990. The second-order valence-electron chi connectivity index (χ2n) is 3.90. The van der Waals surface area contributed by atoms with Gasteiger partial charge in [-0.25, -0.2) is 8.78 Å². The SMILES string of the molecule is COc1ccc(Br)cc1-c1ccc(C)c(F)c1F. The van der Waals surface area contributed by atoms with Crippen LogP contribution in [0.4, 0.5) is 8.78 Å². The molecule has 0 unspecified atom stereocenters. The zero-order valence-electron chi connectivity index (χ0n) is 9.93. The second kappa shape index (κ2) is 5.06. The molecule has 2 aromatic rings. The van der Waals surface area contributed by atoms with E-state index in [1.165, 1.54) is 14.0 Å². The van der Waals surface area contributed by atoms with Crippen LogP contribution in [-0.4, -0.2) is 7.11 Å². The van der Waals surface area contributed by atoms with Crippen molar-refractivity contribution in [2.75, 3.05) is 7.11 Å². The van der Waals surface area contributed by atoms with Crippen molar-refractivity contribution in [1.82, 2.24) is 0 Å². The van der Waals surface area contributed by atoms with Crippen LogP contribution in [0.3, 0.4) is 0 Å². The highest BCUT2D eigenvalue weighted by molar-refractivity contribution is 9.10. The summed E-state index contributed by atoms with van der Waals surface area (Å²) in [6.45, 7) is 1.53. The summed E-state index contributed by atoms with van der Waals surface area (Å²) < 4.78 is 33.5. The Kier molecular flexibility index (Phi) is 3.66. The van der Waals surface area contributed by atoms with Crippen LogP contribution in [0.1, 0.15) is 5.56 Å². The Morgan fingerprint density at radius 3 is 2.39 bits per heavy atom. The van der Waals surface area contributed by atoms with Gasteiger partial charge in [-0.1, -0.05) is 28.1 Å². The third-order valence-corrected chi connectivity index (χ3v) is 3.22. The van der Waals surface area contributed by atoms with Crippen LogP contribution in [0, 0.1) is 18.6 Å². The molecule has 2 aromatic carbocycles. The number of hydrogen-bond donors (Lipinski definition) is 0. The zero-order valence-corrected chi connectivity index (χ0v) is 11.5. The summed E-state index contributed by atoms with van der Waals surface area (Å²) in [7, 11) is 1.50. The molecular weight excluding hydrogens is 302 g/mol. The lowest BCUT2D eigenvalue weighted by Crippen LogP contribution is -1.95. The molecule has 0 atom stereocenters. The van der Waals surface area contributed by atoms with Gasteiger partial charge in [0.2, 0.25) is 0 Å². The number of halogens is 3. The van der Waals surface area contributed by atoms with Crippen molar-refractivity contribution in [1.29, 1.82) is 0 Å². The fourth-order valence-electron chi connectivity index (χ4n) is 1.74. The van der Waals surface area contributed by atoms with Crippen molar-refractivity contribution < 1.29 is 13.5 Å². The summed E-state index contributed by atoms with van der Waals surface area (Å²) in [4.78, 5) is 0. The van der Waals surface area contributed by atoms with Crippen LogP contribution >= 0.6 is 15.9 Å². The van der Waals surface area contributed by atoms with Crippen LogP contribution < -0.4 is 4.74 Å². The van der Waals surface area contributed by atoms with E-state index in [1.54, 1.807) is 30.3 Å². The standard InChI is InChI=1S/C14H11BrF2O/c1-8-3-5-10(14(17)13(8)16)11-7-9(15)4-6-12(11)18-2/h3-7H,1-2H3. The fourth-order valence-corrected chi connectivity index (χ4v) is 2.11. The first kappa shape index (κ1) is 13.0. The van der Waals surface area contributed by atoms with Crippen LogP contribution in [0.15, 0.2) is 34.8 Å². The maximum atomic E-state index is 14.0. The molecule has 0 spiro atoms. The van der Waals surface area contributed by atoms with Crippen molar-refractivity contribution in [3.63, 3.8) is 0 Å². The molecule has 1 nitrogen and oxygen atoms in total. The fraction of sp³-hybridized carbons (Fsp3) is 0.143. The highest BCUT2D eigenvalue weighted by Crippen LogP contribution is 2.35. The summed E-state index contributed by atoms with van der Waals surface area (Å²) in [5.74, 6) is -1.18. The highest BCUT2D eigenvalue weighted by atomic mass is 79.9. The third-order valence-electron chi connectivity index (χ3n) is 2.73. The lowest BCUT2D eigenvalue weighted by atomic mass is 10.0. The van der Waals surface area contributed by atoms with Crippen LogP contribution in [0.2, 0.25) is 0 Å². The van der Waals surface area contributed by atoms with E-state index in [2.05, 4.69) is 15.9 Å². The molecule has 2 rings (SSSR count). The highest BCUT2D eigenvalue weighted by Gasteiger charge is 2.15. The largest absolute Gasteiger partial charge is 0.496 e. The number of methoxy groups -OCH3 is 1. The molecule has 0 heterocycles. The summed E-state index contributed by atoms with van der Waals surface area (Å²) in [5, 5.41) is 0. The van der Waals surface area contributed by atoms with Crippen molar-refractivity contribution in [2.45, 2.75) is 6.92 Å². The molecule has 0 fully saturated rings. The Bertz CT molecular complexity index is 597. The molecule has 0 aromatic heterocycles. The zero-order chi connectivity index (χ0) is 13.3. The van der Waals surface area contributed by atoms with Gasteiger partial charge in [0.15, 0.2) is 11.6 Å². The first-order valence-corrected chi connectivity index (χ1v) is 6.12. The summed E-state index contributed by atoms with van der Waals surface area (Å²) in [6.07, 6.45) is 0. The number of aryl methyl sites for hydroxylation is 1. The third kappa shape index (κ3) is 2.25. The van der Waals surface area contributed by atoms with Gasteiger partial charge >= 0.3 is 0 Å². The average Bonchev–Trinajstić information content (AvgIpc) is 2.36. The Morgan fingerprint density at radius 2 is 1.72 bits per heavy atom. The second-order valence-corrected chi connectivity index (χ2v) is 4.82. The lowest BCUT2D eigenvalue weighted by Gasteiger charge is -2.11. The van der Waals surface area contributed by atoms with Crippen molar-refractivity contribution in [2.24, 2.45) is 0 Å². The first-order valence-electron chi connectivity index (χ1n) is 5.33. The van der Waals surface area contributed by atoms with Crippen LogP contribution in [-0.2, 0) is 0 Å². The molecule has 0 saturated heterocycles. The van der Waals surface area contributed by atoms with E-state index < -0.39 is 11.6 Å². The van der Waals surface area contributed by atoms with Gasteiger partial charge in [0.05, 0.1) is 7.11 Å². The van der Waals surface area contributed by atoms with E-state index in [0.29, 0.717) is 11.3 Å². The topological polar surface area (TPSA) is 9.23 Å². The number of rotatable bonds is 2. The van der Waals surface area contributed by atoms with Gasteiger partial charge in [-0.15, -0.1) is 0 Å². The molecule has 0 saturated carbocycles. The van der Waals surface area contributed by atoms with Gasteiger partial charge in [-0.3, -0.25) is 0 Å². The Labute approximate surface area is 113 Å². The minimum Gasteiger partial charge on any atom is -0.496 e. The predicted molar refractivity (Wildman–Crippen MR) is 70.8 cm³/mol. The molecular formula is C14H11BrF2O. The Morgan fingerprint density at radius 1 is 1.00 bits per heavy atom. The predicted octanol–water partition coefficient (Wildman–Crippen LogP) is 4.71. The normalized spacial score (nSPS) is 10.5. The molecule has 0 aliphatic heterocycles. The van der Waals surface area contributed by atoms with Gasteiger partial charge in [-0.05, 0) is 30.7 Å². The molecule has 0 aliphatic rings. The molecule has 94 valence electrons. The Balaban J connectivity index is 2.69. The van der Waals surface area contributed by atoms with Crippen LogP contribution in [0.25, 0.3) is 11.1 Å². The maximum absolute atomic E-state index is 14.0. The molecule has 0 radical (unpaired) electrons. The molecule has 0 N–H and O–H groups in total. The minimum absolute atomic E-state index is 0.191. The van der Waals surface area contributed by atoms with Gasteiger partial charge in [0.1, 0.15) is 5.75 Å². The lowest BCUT2D eigenvalue weighted by molar-refractivity contribution is 0.416. The smallest absolute Gasteiger partial charge is 0.167 e. The van der Waals surface area contributed by atoms with E-state index in [4.69, 9.17) is 4.74 Å². The summed E-state index contributed by atoms with van der Waals surface area (Å²) in [6, 6.07) is 8.29. The first-order chi connectivity index (χ1) is 8.54. The monoisotopic (exact) mass is 312 g/mol. The molecule has 0 aliphatic carbocycles. The van der Waals surface area contributed by atoms with Crippen molar-refractivity contribution in [3.8, 4) is 16.9 Å². The van der Waals surface area contributed by atoms with Gasteiger partial charge in [-0.2, -0.15) is 0 Å². The molecule has 18 heavy (non-hydrogen) atoms. The number of ether oxygens (including phenoxy) is 1. The van der Waals surface area contributed by atoms with Gasteiger partial charge < -0.3 is 4.74 Å². The maximum Gasteiger partial charge on any atom is 0.167 e. The average molecular weight is 313 g/mol. The van der Waals surface area contributed by atoms with E-state index >= 15 is 0 Å². The number of hydrogen-bond acceptors (Lipinski definition) is 1.